The van der Waals surface area contributed by atoms with Crippen molar-refractivity contribution in [3.8, 4) is 0 Å². The first-order valence-electron chi connectivity index (χ1n) is 8.01. The average Bonchev–Trinajstić information content (AvgIpc) is 2.97. The van der Waals surface area contributed by atoms with E-state index in [4.69, 9.17) is 0 Å². The predicted octanol–water partition coefficient (Wildman–Crippen LogP) is 3.60. The van der Waals surface area contributed by atoms with Crippen molar-refractivity contribution < 1.29 is 13.2 Å². The Morgan fingerprint density at radius 2 is 1.81 bits per heavy atom. The van der Waals surface area contributed by atoms with Crippen LogP contribution in [0.3, 0.4) is 0 Å². The Morgan fingerprint density at radius 3 is 2.42 bits per heavy atom. The van der Waals surface area contributed by atoms with Gasteiger partial charge in [-0.1, -0.05) is 26.0 Å². The molecule has 0 fully saturated rings. The standard InChI is InChI=1S/C17H18F3N5O/c1-9(2)22-14(17(18,19)20)10-3-5-11(6-4-10)23-15-13-12(24-25-15)7-8-21-16(13)26/h3-9,14,22H,1-2H3,(H,21,26)(H2,23,24,25). The fourth-order valence-corrected chi connectivity index (χ4v) is 2.68. The van der Waals surface area contributed by atoms with Crippen LogP contribution in [-0.4, -0.2) is 27.4 Å². The largest absolute Gasteiger partial charge is 0.407 e. The van der Waals surface area contributed by atoms with Gasteiger partial charge in [0.15, 0.2) is 5.82 Å². The molecule has 2 aromatic heterocycles. The maximum Gasteiger partial charge on any atom is 0.407 e. The summed E-state index contributed by atoms with van der Waals surface area (Å²) in [5.41, 5.74) is 0.886. The fourth-order valence-electron chi connectivity index (χ4n) is 2.68. The van der Waals surface area contributed by atoms with Crippen molar-refractivity contribution in [2.75, 3.05) is 5.32 Å². The highest BCUT2D eigenvalue weighted by Crippen LogP contribution is 2.34. The molecular weight excluding hydrogens is 347 g/mol. The Labute approximate surface area is 146 Å². The topological polar surface area (TPSA) is 85.6 Å². The van der Waals surface area contributed by atoms with Crippen molar-refractivity contribution in [1.29, 1.82) is 0 Å². The van der Waals surface area contributed by atoms with Gasteiger partial charge in [0.25, 0.3) is 5.56 Å². The summed E-state index contributed by atoms with van der Waals surface area (Å²) in [5, 5.41) is 12.6. The lowest BCUT2D eigenvalue weighted by molar-refractivity contribution is -0.159. The van der Waals surface area contributed by atoms with Crippen molar-refractivity contribution in [2.24, 2.45) is 0 Å². The van der Waals surface area contributed by atoms with E-state index in [0.717, 1.165) is 0 Å². The lowest BCUT2D eigenvalue weighted by atomic mass is 10.1. The van der Waals surface area contributed by atoms with Crippen LogP contribution in [0.5, 0.6) is 0 Å². The Kier molecular flexibility index (Phi) is 4.73. The molecule has 0 radical (unpaired) electrons. The van der Waals surface area contributed by atoms with Crippen LogP contribution in [0.1, 0.15) is 25.5 Å². The quantitative estimate of drug-likeness (QED) is 0.557. The minimum Gasteiger partial charge on any atom is -0.338 e. The van der Waals surface area contributed by atoms with E-state index in [9.17, 15) is 18.0 Å². The van der Waals surface area contributed by atoms with E-state index in [1.165, 1.54) is 30.5 Å². The van der Waals surface area contributed by atoms with Gasteiger partial charge in [-0.3, -0.25) is 9.89 Å². The maximum absolute atomic E-state index is 13.3. The van der Waals surface area contributed by atoms with E-state index in [2.05, 4.69) is 25.8 Å². The number of alkyl halides is 3. The first-order chi connectivity index (χ1) is 12.3. The summed E-state index contributed by atoms with van der Waals surface area (Å²) in [6.07, 6.45) is -2.90. The van der Waals surface area contributed by atoms with Gasteiger partial charge >= 0.3 is 6.18 Å². The van der Waals surface area contributed by atoms with Gasteiger partial charge in [-0.15, -0.1) is 0 Å². The van der Waals surface area contributed by atoms with Gasteiger partial charge in [0, 0.05) is 17.9 Å². The van der Waals surface area contributed by atoms with Gasteiger partial charge in [0.1, 0.15) is 11.4 Å². The van der Waals surface area contributed by atoms with E-state index in [1.807, 2.05) is 0 Å². The maximum atomic E-state index is 13.3. The number of hydrogen-bond donors (Lipinski definition) is 4. The van der Waals surface area contributed by atoms with E-state index in [1.54, 1.807) is 19.9 Å². The lowest BCUT2D eigenvalue weighted by Gasteiger charge is -2.24. The number of nitrogens with one attached hydrogen (secondary N) is 4. The summed E-state index contributed by atoms with van der Waals surface area (Å²) < 4.78 is 39.8. The summed E-state index contributed by atoms with van der Waals surface area (Å²) in [5.74, 6) is 0.308. The molecule has 0 spiro atoms. The van der Waals surface area contributed by atoms with Gasteiger partial charge < -0.3 is 15.6 Å². The van der Waals surface area contributed by atoms with Crippen LogP contribution in [0.4, 0.5) is 24.7 Å². The van der Waals surface area contributed by atoms with E-state index < -0.39 is 12.2 Å². The van der Waals surface area contributed by atoms with Crippen molar-refractivity contribution >= 4 is 22.4 Å². The molecule has 1 atom stereocenters. The summed E-state index contributed by atoms with van der Waals surface area (Å²) in [6.45, 7) is 3.32. The van der Waals surface area contributed by atoms with Gasteiger partial charge in [-0.05, 0) is 23.8 Å². The molecule has 0 aliphatic carbocycles. The molecule has 0 aliphatic heterocycles. The molecule has 2 heterocycles. The average molecular weight is 365 g/mol. The molecule has 9 heteroatoms. The van der Waals surface area contributed by atoms with Crippen molar-refractivity contribution in [1.82, 2.24) is 20.5 Å². The molecule has 1 unspecified atom stereocenters. The predicted molar refractivity (Wildman–Crippen MR) is 93.5 cm³/mol. The number of aromatic amines is 2. The second-order valence-electron chi connectivity index (χ2n) is 6.21. The number of rotatable bonds is 5. The third kappa shape index (κ3) is 3.72. The summed E-state index contributed by atoms with van der Waals surface area (Å²) in [6, 6.07) is 5.45. The van der Waals surface area contributed by atoms with Gasteiger partial charge in [-0.25, -0.2) is 0 Å². The van der Waals surface area contributed by atoms with Crippen LogP contribution < -0.4 is 16.2 Å². The van der Waals surface area contributed by atoms with Gasteiger partial charge in [0.05, 0.1) is 5.52 Å². The minimum absolute atomic E-state index is 0.112. The zero-order chi connectivity index (χ0) is 18.9. The molecular formula is C17H18F3N5O. The molecule has 0 saturated carbocycles. The minimum atomic E-state index is -4.40. The molecule has 4 N–H and O–H groups in total. The van der Waals surface area contributed by atoms with Gasteiger partial charge in [-0.2, -0.15) is 18.3 Å². The summed E-state index contributed by atoms with van der Waals surface area (Å²) in [4.78, 5) is 14.5. The number of halogens is 3. The molecule has 3 rings (SSSR count). The second-order valence-corrected chi connectivity index (χ2v) is 6.21. The van der Waals surface area contributed by atoms with E-state index in [-0.39, 0.29) is 17.2 Å². The smallest absolute Gasteiger partial charge is 0.338 e. The Bertz CT molecular complexity index is 943. The molecule has 1 aromatic carbocycles. The number of hydrogen-bond acceptors (Lipinski definition) is 4. The third-order valence-electron chi connectivity index (χ3n) is 3.82. The molecule has 0 bridgehead atoms. The first-order valence-corrected chi connectivity index (χ1v) is 8.01. The van der Waals surface area contributed by atoms with Crippen LogP contribution in [-0.2, 0) is 0 Å². The first kappa shape index (κ1) is 18.0. The second kappa shape index (κ2) is 6.83. The van der Waals surface area contributed by atoms with Gasteiger partial charge in [0.2, 0.25) is 0 Å². The zero-order valence-electron chi connectivity index (χ0n) is 14.1. The molecule has 3 aromatic rings. The fraction of sp³-hybridized carbons (Fsp3) is 0.294. The van der Waals surface area contributed by atoms with Crippen LogP contribution in [0.25, 0.3) is 10.9 Å². The molecule has 0 aliphatic rings. The molecule has 138 valence electrons. The monoisotopic (exact) mass is 365 g/mol. The van der Waals surface area contributed by atoms with Crippen LogP contribution >= 0.6 is 0 Å². The molecule has 0 amide bonds. The highest BCUT2D eigenvalue weighted by atomic mass is 19.4. The highest BCUT2D eigenvalue weighted by Gasteiger charge is 2.40. The normalized spacial score (nSPS) is 13.3. The summed E-state index contributed by atoms with van der Waals surface area (Å²) >= 11 is 0. The van der Waals surface area contributed by atoms with Crippen molar-refractivity contribution in [3.63, 3.8) is 0 Å². The molecule has 0 saturated heterocycles. The third-order valence-corrected chi connectivity index (χ3v) is 3.82. The number of nitrogens with zero attached hydrogens (tertiary/aromatic N) is 1. The van der Waals surface area contributed by atoms with Crippen molar-refractivity contribution in [3.05, 3.63) is 52.4 Å². The number of fused-ring (bicyclic) bond motifs is 1. The SMILES string of the molecule is CC(C)NC(c1ccc(Nc2n[nH]c3cc[nH]c(=O)c23)cc1)C(F)(F)F. The molecule has 6 nitrogen and oxygen atoms in total. The zero-order valence-corrected chi connectivity index (χ0v) is 14.1. The highest BCUT2D eigenvalue weighted by molar-refractivity contribution is 5.90. The van der Waals surface area contributed by atoms with Crippen molar-refractivity contribution in [2.45, 2.75) is 32.1 Å². The number of aromatic nitrogens is 3. The van der Waals surface area contributed by atoms with E-state index in [0.29, 0.717) is 22.4 Å². The number of benzene rings is 1. The van der Waals surface area contributed by atoms with Crippen LogP contribution in [0, 0.1) is 0 Å². The number of H-pyrrole nitrogens is 2. The number of anilines is 2. The number of pyridine rings is 1. The Balaban J connectivity index is 1.86. The summed E-state index contributed by atoms with van der Waals surface area (Å²) in [7, 11) is 0. The van der Waals surface area contributed by atoms with Crippen LogP contribution in [0.15, 0.2) is 41.3 Å². The lowest BCUT2D eigenvalue weighted by Crippen LogP contribution is -2.38. The molecule has 26 heavy (non-hydrogen) atoms. The Morgan fingerprint density at radius 1 is 1.12 bits per heavy atom. The van der Waals surface area contributed by atoms with Crippen LogP contribution in [0.2, 0.25) is 0 Å². The Hall–Kier alpha value is -2.81. The van der Waals surface area contributed by atoms with E-state index >= 15 is 0 Å².